The molecular formula is C19H25N3. The van der Waals surface area contributed by atoms with Gasteiger partial charge in [0.25, 0.3) is 0 Å². The van der Waals surface area contributed by atoms with Gasteiger partial charge in [0.05, 0.1) is 6.54 Å². The number of rotatable bonds is 6. The highest BCUT2D eigenvalue weighted by Gasteiger charge is 2.14. The van der Waals surface area contributed by atoms with E-state index in [0.717, 1.165) is 13.1 Å². The third-order valence-electron chi connectivity index (χ3n) is 3.93. The molecule has 3 nitrogen and oxygen atoms in total. The molecule has 0 heterocycles. The Morgan fingerprint density at radius 3 is 1.77 bits per heavy atom. The minimum absolute atomic E-state index is 0.233. The largest absolute Gasteiger partial charge is 0.370 e. The molecule has 0 saturated heterocycles. The molecule has 0 amide bonds. The molecule has 0 aliphatic rings. The van der Waals surface area contributed by atoms with Gasteiger partial charge in [0, 0.05) is 19.0 Å². The number of guanidine groups is 1. The van der Waals surface area contributed by atoms with Crippen LogP contribution in [0.5, 0.6) is 0 Å². The molecule has 22 heavy (non-hydrogen) atoms. The van der Waals surface area contributed by atoms with E-state index in [4.69, 9.17) is 5.73 Å². The predicted molar refractivity (Wildman–Crippen MR) is 94.1 cm³/mol. The van der Waals surface area contributed by atoms with Gasteiger partial charge in [0.2, 0.25) is 0 Å². The van der Waals surface area contributed by atoms with E-state index >= 15 is 0 Å². The number of nitrogens with zero attached hydrogens (tertiary/aromatic N) is 2. The van der Waals surface area contributed by atoms with Crippen LogP contribution in [0.2, 0.25) is 0 Å². The highest BCUT2D eigenvalue weighted by atomic mass is 15.2. The van der Waals surface area contributed by atoms with Crippen LogP contribution in [0, 0.1) is 0 Å². The van der Waals surface area contributed by atoms with Gasteiger partial charge in [0.15, 0.2) is 5.96 Å². The van der Waals surface area contributed by atoms with E-state index in [1.54, 1.807) is 0 Å². The van der Waals surface area contributed by atoms with Crippen LogP contribution in [-0.2, 0) is 0 Å². The first-order valence-corrected chi connectivity index (χ1v) is 7.91. The topological polar surface area (TPSA) is 41.6 Å². The van der Waals surface area contributed by atoms with Crippen molar-refractivity contribution in [3.05, 3.63) is 71.8 Å². The second-order valence-corrected chi connectivity index (χ2v) is 5.25. The Hall–Kier alpha value is -2.29. The molecule has 0 spiro atoms. The lowest BCUT2D eigenvalue weighted by Crippen LogP contribution is -2.37. The van der Waals surface area contributed by atoms with Crippen molar-refractivity contribution in [2.75, 3.05) is 19.6 Å². The van der Waals surface area contributed by atoms with Crippen molar-refractivity contribution >= 4 is 5.96 Å². The van der Waals surface area contributed by atoms with Crippen LogP contribution in [0.15, 0.2) is 65.7 Å². The van der Waals surface area contributed by atoms with Crippen LogP contribution in [0.25, 0.3) is 0 Å². The molecule has 2 aromatic carbocycles. The fraction of sp³-hybridized carbons (Fsp3) is 0.316. The van der Waals surface area contributed by atoms with Gasteiger partial charge in [-0.05, 0) is 25.0 Å². The minimum atomic E-state index is 0.233. The maximum absolute atomic E-state index is 6.12. The maximum atomic E-state index is 6.12. The molecule has 0 aromatic heterocycles. The van der Waals surface area contributed by atoms with E-state index in [1.165, 1.54) is 11.1 Å². The molecule has 2 aromatic rings. The number of nitrogens with two attached hydrogens (primary N) is 1. The lowest BCUT2D eigenvalue weighted by Gasteiger charge is -2.21. The highest BCUT2D eigenvalue weighted by Crippen LogP contribution is 2.24. The predicted octanol–water partition coefficient (Wildman–Crippen LogP) is 3.48. The van der Waals surface area contributed by atoms with E-state index in [2.05, 4.69) is 72.3 Å². The van der Waals surface area contributed by atoms with Gasteiger partial charge in [-0.1, -0.05) is 60.7 Å². The minimum Gasteiger partial charge on any atom is -0.370 e. The molecule has 0 unspecified atom stereocenters. The first-order valence-electron chi connectivity index (χ1n) is 7.91. The fourth-order valence-electron chi connectivity index (χ4n) is 2.61. The second kappa shape index (κ2) is 8.23. The number of benzene rings is 2. The SMILES string of the molecule is CCN(CC)C(N)=NCC(c1ccccc1)c1ccccc1. The van der Waals surface area contributed by atoms with E-state index in [0.29, 0.717) is 12.5 Å². The van der Waals surface area contributed by atoms with Crippen molar-refractivity contribution in [1.29, 1.82) is 0 Å². The summed E-state index contributed by atoms with van der Waals surface area (Å²) < 4.78 is 0. The Labute approximate surface area is 133 Å². The van der Waals surface area contributed by atoms with Gasteiger partial charge in [-0.3, -0.25) is 4.99 Å². The standard InChI is InChI=1S/C19H25N3/c1-3-22(4-2)19(20)21-15-18(16-11-7-5-8-12-16)17-13-9-6-10-14-17/h5-14,18H,3-4,15H2,1-2H3,(H2,20,21). The summed E-state index contributed by atoms with van der Waals surface area (Å²) in [6, 6.07) is 21.0. The first-order chi connectivity index (χ1) is 10.8. The maximum Gasteiger partial charge on any atom is 0.191 e. The molecule has 116 valence electrons. The van der Waals surface area contributed by atoms with Gasteiger partial charge in [-0.2, -0.15) is 0 Å². The van der Waals surface area contributed by atoms with E-state index in [1.807, 2.05) is 12.1 Å². The number of hydrogen-bond donors (Lipinski definition) is 1. The summed E-state index contributed by atoms with van der Waals surface area (Å²) in [6.07, 6.45) is 0. The molecular weight excluding hydrogens is 270 g/mol. The van der Waals surface area contributed by atoms with E-state index in [9.17, 15) is 0 Å². The summed E-state index contributed by atoms with van der Waals surface area (Å²) in [6.45, 7) is 6.62. The quantitative estimate of drug-likeness (QED) is 0.655. The summed E-state index contributed by atoms with van der Waals surface area (Å²) in [7, 11) is 0. The van der Waals surface area contributed by atoms with E-state index < -0.39 is 0 Å². The Kier molecular flexibility index (Phi) is 6.01. The van der Waals surface area contributed by atoms with Crippen molar-refractivity contribution in [3.63, 3.8) is 0 Å². The van der Waals surface area contributed by atoms with Crippen LogP contribution in [0.3, 0.4) is 0 Å². The van der Waals surface area contributed by atoms with Crippen LogP contribution in [-0.4, -0.2) is 30.5 Å². The van der Waals surface area contributed by atoms with Crippen molar-refractivity contribution in [1.82, 2.24) is 4.90 Å². The molecule has 2 N–H and O–H groups in total. The van der Waals surface area contributed by atoms with Crippen LogP contribution >= 0.6 is 0 Å². The molecule has 0 bridgehead atoms. The fourth-order valence-corrected chi connectivity index (χ4v) is 2.61. The molecule has 0 aliphatic heterocycles. The molecule has 0 saturated carbocycles. The molecule has 0 radical (unpaired) electrons. The third-order valence-corrected chi connectivity index (χ3v) is 3.93. The zero-order chi connectivity index (χ0) is 15.8. The molecule has 0 atom stereocenters. The Balaban J connectivity index is 2.25. The lowest BCUT2D eigenvalue weighted by molar-refractivity contribution is 0.457. The normalized spacial score (nSPS) is 11.7. The summed E-state index contributed by atoms with van der Waals surface area (Å²) in [5.74, 6) is 0.860. The van der Waals surface area contributed by atoms with Crippen LogP contribution in [0.4, 0.5) is 0 Å². The zero-order valence-electron chi connectivity index (χ0n) is 13.4. The van der Waals surface area contributed by atoms with Crippen molar-refractivity contribution < 1.29 is 0 Å². The summed E-state index contributed by atoms with van der Waals surface area (Å²) in [4.78, 5) is 6.72. The number of hydrogen-bond acceptors (Lipinski definition) is 1. The summed E-state index contributed by atoms with van der Waals surface area (Å²) in [5.41, 5.74) is 8.66. The summed E-state index contributed by atoms with van der Waals surface area (Å²) in [5, 5.41) is 0. The zero-order valence-corrected chi connectivity index (χ0v) is 13.4. The third kappa shape index (κ3) is 4.10. The Bertz CT molecular complexity index is 535. The Morgan fingerprint density at radius 1 is 0.909 bits per heavy atom. The molecule has 2 rings (SSSR count). The van der Waals surface area contributed by atoms with Gasteiger partial charge in [-0.25, -0.2) is 0 Å². The highest BCUT2D eigenvalue weighted by molar-refractivity contribution is 5.78. The van der Waals surface area contributed by atoms with Gasteiger partial charge in [-0.15, -0.1) is 0 Å². The first kappa shape index (κ1) is 16.1. The number of aliphatic imine (C=N–C) groups is 1. The average molecular weight is 295 g/mol. The van der Waals surface area contributed by atoms with Crippen molar-refractivity contribution in [2.45, 2.75) is 19.8 Å². The van der Waals surface area contributed by atoms with Gasteiger partial charge < -0.3 is 10.6 Å². The lowest BCUT2D eigenvalue weighted by atomic mass is 9.91. The average Bonchev–Trinajstić information content (AvgIpc) is 2.58. The molecule has 0 aliphatic carbocycles. The van der Waals surface area contributed by atoms with Crippen LogP contribution < -0.4 is 5.73 Å². The smallest absolute Gasteiger partial charge is 0.191 e. The van der Waals surface area contributed by atoms with E-state index in [-0.39, 0.29) is 5.92 Å². The van der Waals surface area contributed by atoms with Crippen molar-refractivity contribution in [2.24, 2.45) is 10.7 Å². The van der Waals surface area contributed by atoms with Crippen molar-refractivity contribution in [3.8, 4) is 0 Å². The second-order valence-electron chi connectivity index (χ2n) is 5.25. The summed E-state index contributed by atoms with van der Waals surface area (Å²) >= 11 is 0. The molecule has 0 fully saturated rings. The van der Waals surface area contributed by atoms with Gasteiger partial charge >= 0.3 is 0 Å². The monoisotopic (exact) mass is 295 g/mol. The van der Waals surface area contributed by atoms with Crippen LogP contribution in [0.1, 0.15) is 30.9 Å². The van der Waals surface area contributed by atoms with Gasteiger partial charge in [0.1, 0.15) is 0 Å². The molecule has 3 heteroatoms. The Morgan fingerprint density at radius 2 is 1.36 bits per heavy atom.